The molecule has 0 aromatic heterocycles. The molecular formula is C85H91Cl2N11O36. The number of halogens is 2. The molecule has 0 saturated carbocycles. The number of carboxylic acid groups (broad SMARTS) is 1. The number of hydrogen-bond acceptors (Lipinski definition) is 35. The number of phenols is 3. The number of fused-ring (bicyclic) bond motifs is 15. The van der Waals surface area contributed by atoms with Crippen molar-refractivity contribution in [2.45, 2.75) is 163 Å². The number of aliphatic carboxylic acids is 1. The van der Waals surface area contributed by atoms with Crippen molar-refractivity contribution in [3.63, 3.8) is 0 Å². The van der Waals surface area contributed by atoms with Crippen molar-refractivity contribution < 1.29 is 166 Å². The van der Waals surface area contributed by atoms with Gasteiger partial charge >= 0.3 is 23.8 Å². The number of carboxylic acids is 1. The first-order valence-corrected chi connectivity index (χ1v) is 41.3. The van der Waals surface area contributed by atoms with Gasteiger partial charge in [0, 0.05) is 42.3 Å². The van der Waals surface area contributed by atoms with E-state index in [9.17, 15) is 90.5 Å². The molecule has 134 heavy (non-hydrogen) atoms. The van der Waals surface area contributed by atoms with Gasteiger partial charge in [-0.15, -0.1) is 0 Å². The maximum atomic E-state index is 16.4. The third-order valence-corrected chi connectivity index (χ3v) is 23.1. The molecule has 18 atom stereocenters. The number of likely N-dealkylation sites (N-methyl/N-ethyl adjacent to an activating group) is 1. The van der Waals surface area contributed by atoms with Gasteiger partial charge in [0.25, 0.3) is 5.69 Å². The number of phenolic OH excluding ortho intramolecular Hbond substituents is 3. The molecule has 7 aromatic carbocycles. The summed E-state index contributed by atoms with van der Waals surface area (Å²) in [7, 11) is 5.89. The smallest absolute Gasteiger partial charge is 0.415 e. The number of alkyl carbamates (subject to hydrolysis) is 1. The van der Waals surface area contributed by atoms with E-state index in [0.717, 1.165) is 104 Å². The standard InChI is InChI=1S/C85H91Cl2N11O36/c1-32(2)16-47(96(5)84(118)132-52-28-56(126-9)55(125-8)27-46(52)98(121)122)76(110)93-66-68(104)35-11-14-50(42(86)18-35)129-57-20-37-21-58(72(57)134-82-73(71(107)70(106)59(30-99)131-82)133-61-29-85(4,74(108)33(3)128-61)95-83(117)127-31-38-22-53(123-6)54(124-7)26-45(38)97(119)120)130-51-15-12-36(19-43(51)87)69(105)67-80(114)92-65(81(115)116)41-23-39(100)24-49(102)62(41)40-17-34(10-13-48(40)101)63(77(111)94-67)91-78(112)64(37)90-75(109)44(25-60(88)103)89-79(66)113/h10-15,17-24,26-28,32-33,44,47,59,61,63-71,73-74,82,99-102,104-108H,16,25,29-31H2,1-9H3,(H2,88,103)(H,89,113)(H,90,109)(H,91,112)(H,92,114)(H,93,110)(H,94,111)(H,95,117)(H,115,116)/t33?,44?,47?,59?,61?,63?,64?,65-,66?,67?,68?,69?,70?,71?,73?,74?,82?,85?/m0/s1. The van der Waals surface area contributed by atoms with Crippen LogP contribution in [0.25, 0.3) is 11.1 Å². The number of ether oxygens (including phenoxy) is 12. The maximum Gasteiger partial charge on any atom is 0.415 e. The first kappa shape index (κ1) is 98.9. The third-order valence-electron chi connectivity index (χ3n) is 22.5. The first-order valence-electron chi connectivity index (χ1n) is 40.6. The first-order chi connectivity index (χ1) is 63.4. The number of nitro groups is 2. The van der Waals surface area contributed by atoms with Crippen LogP contribution in [0.2, 0.25) is 10.0 Å². The van der Waals surface area contributed by atoms with Crippen molar-refractivity contribution in [2.24, 2.45) is 11.7 Å². The third kappa shape index (κ3) is 21.2. The van der Waals surface area contributed by atoms with Crippen LogP contribution in [0.1, 0.15) is 111 Å². The molecule has 17 unspecified atom stereocenters. The van der Waals surface area contributed by atoms with Crippen molar-refractivity contribution in [3.8, 4) is 85.9 Å². The van der Waals surface area contributed by atoms with Crippen LogP contribution in [-0.4, -0.2) is 246 Å². The number of aromatic hydroxyl groups is 3. The number of methoxy groups -OCH3 is 4. The van der Waals surface area contributed by atoms with Gasteiger partial charge in [-0.2, -0.15) is 0 Å². The van der Waals surface area contributed by atoms with Gasteiger partial charge < -0.3 is 151 Å². The summed E-state index contributed by atoms with van der Waals surface area (Å²) in [5, 5.41) is 157. The Labute approximate surface area is 767 Å². The Morgan fingerprint density at radius 3 is 1.81 bits per heavy atom. The molecule has 2 saturated heterocycles. The highest BCUT2D eigenvalue weighted by atomic mass is 35.5. The summed E-state index contributed by atoms with van der Waals surface area (Å²) in [4.78, 5) is 172. The summed E-state index contributed by atoms with van der Waals surface area (Å²) >= 11 is 14.3. The normalized spacial score (nSPS) is 24.7. The van der Waals surface area contributed by atoms with Crippen molar-refractivity contribution in [2.75, 3.05) is 42.1 Å². The van der Waals surface area contributed by atoms with Crippen LogP contribution in [0, 0.1) is 26.1 Å². The fourth-order valence-corrected chi connectivity index (χ4v) is 16.1. The quantitative estimate of drug-likeness (QED) is 0.0319. The van der Waals surface area contributed by atoms with Crippen LogP contribution in [0.4, 0.5) is 21.0 Å². The number of nitrogens with two attached hydrogens (primary N) is 1. The van der Waals surface area contributed by atoms with E-state index in [2.05, 4.69) is 37.2 Å². The lowest BCUT2D eigenvalue weighted by Crippen LogP contribution is -2.66. The van der Waals surface area contributed by atoms with Crippen LogP contribution in [-0.2, 0) is 63.9 Å². The van der Waals surface area contributed by atoms with Gasteiger partial charge in [0.15, 0.2) is 52.9 Å². The van der Waals surface area contributed by atoms with Crippen LogP contribution in [0.3, 0.4) is 0 Å². The van der Waals surface area contributed by atoms with Crippen LogP contribution in [0.15, 0.2) is 103 Å². The molecule has 9 amide bonds. The number of carbonyl (C=O) groups is 10. The summed E-state index contributed by atoms with van der Waals surface area (Å²) in [5.74, 6) is -19.8. The van der Waals surface area contributed by atoms with E-state index < -0.39 is 312 Å². The fraction of sp³-hybridized carbons (Fsp3) is 0.388. The number of primary amides is 1. The van der Waals surface area contributed by atoms with E-state index in [1.807, 2.05) is 0 Å². The summed E-state index contributed by atoms with van der Waals surface area (Å²) < 4.78 is 70.9. The van der Waals surface area contributed by atoms with Crippen molar-refractivity contribution >= 4 is 94.1 Å². The highest BCUT2D eigenvalue weighted by Gasteiger charge is 2.53. The van der Waals surface area contributed by atoms with Gasteiger partial charge in [0.2, 0.25) is 59.1 Å². The van der Waals surface area contributed by atoms with Gasteiger partial charge in [-0.05, 0) is 109 Å². The number of benzene rings is 7. The Balaban J connectivity index is 1.03. The second-order valence-corrected chi connectivity index (χ2v) is 32.8. The van der Waals surface area contributed by atoms with Gasteiger partial charge in [-0.25, -0.2) is 14.4 Å². The maximum absolute atomic E-state index is 16.4. The Hall–Kier alpha value is -14.1. The monoisotopic (exact) mass is 1910 g/mol. The Kier molecular flexibility index (Phi) is 30.2. The number of amides is 9. The second kappa shape index (κ2) is 40.9. The van der Waals surface area contributed by atoms with Gasteiger partial charge in [0.05, 0.1) is 90.7 Å². The number of aliphatic hydroxyl groups excluding tert-OH is 6. The van der Waals surface area contributed by atoms with Gasteiger partial charge in [0.1, 0.15) is 108 Å². The lowest BCUT2D eigenvalue weighted by molar-refractivity contribution is -0.386. The van der Waals surface area contributed by atoms with Crippen LogP contribution >= 0.6 is 23.2 Å². The van der Waals surface area contributed by atoms with Gasteiger partial charge in [-0.1, -0.05) is 55.2 Å². The van der Waals surface area contributed by atoms with E-state index >= 15 is 28.8 Å². The zero-order valence-corrected chi connectivity index (χ0v) is 73.5. The SMILES string of the molecule is COc1cc(COC(=O)NC2(C)CC(OC3C(Oc4c5cc6cc4Oc4ccc(cc4Cl)C(O)C(NC(=O)C(CC(C)C)N(C)C(=O)Oc4cc(OC)c(OC)cc4[N+](=O)[O-])C(=O)NC(CC(N)=O)C(=O)NC6C(=O)NC4C(=O)NC(C(=O)N[C@H](C(=O)O)c6cc(O)cc(O)c6-c6cc4ccc6O)C(O)c4ccc(c(Cl)c4)O5)OC(CO)C(O)C3O)OC(C)C2O)c([N+](=O)[O-])cc1OC. The topological polar surface area (TPSA) is 684 Å². The molecule has 47 nitrogen and oxygen atoms in total. The Bertz CT molecular complexity index is 5800. The molecule has 14 rings (SSSR count). The fourth-order valence-electron chi connectivity index (χ4n) is 15.6. The zero-order chi connectivity index (χ0) is 97.8. The van der Waals surface area contributed by atoms with Crippen molar-refractivity contribution in [3.05, 3.63) is 167 Å². The molecule has 11 bridgehead atoms. The second-order valence-electron chi connectivity index (χ2n) is 32.0. The van der Waals surface area contributed by atoms with E-state index in [-0.39, 0.29) is 46.1 Å². The summed E-state index contributed by atoms with van der Waals surface area (Å²) in [6.45, 7) is 3.97. The number of nitro benzene ring substituents is 2. The van der Waals surface area contributed by atoms with Crippen LogP contribution < -0.4 is 80.8 Å². The van der Waals surface area contributed by atoms with Crippen molar-refractivity contribution in [1.82, 2.24) is 42.1 Å². The molecule has 7 heterocycles. The molecule has 0 aliphatic carbocycles. The van der Waals surface area contributed by atoms with Crippen LogP contribution in [0.5, 0.6) is 74.7 Å². The van der Waals surface area contributed by atoms with E-state index in [1.165, 1.54) is 48.4 Å². The summed E-state index contributed by atoms with van der Waals surface area (Å²) in [5.41, 5.74) is -1.21. The number of hydrogen-bond donors (Lipinski definition) is 18. The molecule has 0 radical (unpaired) electrons. The largest absolute Gasteiger partial charge is 0.508 e. The molecule has 2 fully saturated rings. The van der Waals surface area contributed by atoms with Gasteiger partial charge in [-0.3, -0.25) is 58.7 Å². The molecule has 716 valence electrons. The van der Waals surface area contributed by atoms with E-state index in [0.29, 0.717) is 4.90 Å². The molecular weight excluding hydrogens is 1820 g/mol. The molecule has 7 aliphatic heterocycles. The Morgan fingerprint density at radius 1 is 0.657 bits per heavy atom. The highest BCUT2D eigenvalue weighted by molar-refractivity contribution is 6.32. The number of nitrogens with zero attached hydrogens (tertiary/aromatic N) is 3. The predicted octanol–water partition coefficient (Wildman–Crippen LogP) is 3.84. The molecule has 49 heteroatoms. The summed E-state index contributed by atoms with van der Waals surface area (Å²) in [6.07, 6.45) is -25.1. The average Bonchev–Trinajstić information content (AvgIpc) is 0.765. The van der Waals surface area contributed by atoms with Crippen molar-refractivity contribution in [1.29, 1.82) is 0 Å². The molecule has 7 aromatic rings. The Morgan fingerprint density at radius 2 is 1.23 bits per heavy atom. The minimum absolute atomic E-state index is 0.0246. The highest BCUT2D eigenvalue weighted by Crippen LogP contribution is 2.51. The summed E-state index contributed by atoms with van der Waals surface area (Å²) in [6, 6.07) is 0.288. The minimum Gasteiger partial charge on any atom is -0.508 e. The molecule has 19 N–H and O–H groups in total. The predicted molar refractivity (Wildman–Crippen MR) is 456 cm³/mol. The molecule has 0 spiro atoms. The number of nitrogens with one attached hydrogen (secondary N) is 7. The number of carbonyl (C=O) groups excluding carboxylic acids is 9. The average molecular weight is 1910 g/mol. The van der Waals surface area contributed by atoms with E-state index in [4.69, 9.17) is 85.8 Å². The van der Waals surface area contributed by atoms with E-state index in [1.54, 1.807) is 13.8 Å². The number of rotatable bonds is 23. The lowest BCUT2D eigenvalue weighted by Gasteiger charge is -2.48. The lowest BCUT2D eigenvalue weighted by atomic mass is 9.85. The zero-order valence-electron chi connectivity index (χ0n) is 72.0. The minimum atomic E-state index is -2.54. The number of aliphatic hydroxyl groups is 6. The molecule has 7 aliphatic rings.